The Labute approximate surface area is 177 Å². The van der Waals surface area contributed by atoms with Crippen LogP contribution in [-0.4, -0.2) is 49.2 Å². The number of pyridine rings is 1. The van der Waals surface area contributed by atoms with Crippen molar-refractivity contribution in [3.63, 3.8) is 0 Å². The minimum atomic E-state index is -3.53. The van der Waals surface area contributed by atoms with Crippen molar-refractivity contribution in [2.45, 2.75) is 17.9 Å². The molecule has 0 bridgehead atoms. The Bertz CT molecular complexity index is 1070. The fourth-order valence-corrected chi connectivity index (χ4v) is 3.92. The Kier molecular flexibility index (Phi) is 6.97. The second-order valence-electron chi connectivity index (χ2n) is 7.10. The Morgan fingerprint density at radius 3 is 2.17 bits per heavy atom. The zero-order chi connectivity index (χ0) is 21.6. The minimum absolute atomic E-state index is 0.149. The van der Waals surface area contributed by atoms with Crippen molar-refractivity contribution in [1.29, 1.82) is 0 Å². The van der Waals surface area contributed by atoms with Gasteiger partial charge >= 0.3 is 0 Å². The maximum absolute atomic E-state index is 13.2. The van der Waals surface area contributed by atoms with Crippen LogP contribution in [0, 0.1) is 0 Å². The smallest absolute Gasteiger partial charge is 0.254 e. The van der Waals surface area contributed by atoms with Crippen molar-refractivity contribution in [1.82, 2.24) is 14.2 Å². The van der Waals surface area contributed by atoms with E-state index in [0.29, 0.717) is 25.1 Å². The zero-order valence-electron chi connectivity index (χ0n) is 17.1. The summed E-state index contributed by atoms with van der Waals surface area (Å²) in [5, 5.41) is 0. The Morgan fingerprint density at radius 2 is 1.57 bits per heavy atom. The second-order valence-corrected chi connectivity index (χ2v) is 9.25. The second kappa shape index (κ2) is 9.65. The first kappa shape index (κ1) is 21.7. The first-order valence-electron chi connectivity index (χ1n) is 9.63. The van der Waals surface area contributed by atoms with E-state index < -0.39 is 10.0 Å². The lowest BCUT2D eigenvalue weighted by atomic mass is 10.1. The molecule has 0 spiro atoms. The summed E-state index contributed by atoms with van der Waals surface area (Å²) in [6.45, 7) is 0.965. The summed E-state index contributed by atoms with van der Waals surface area (Å²) in [6, 6.07) is 21.6. The lowest BCUT2D eigenvalue weighted by Crippen LogP contribution is -2.32. The average molecular weight is 424 g/mol. The van der Waals surface area contributed by atoms with E-state index in [9.17, 15) is 13.2 Å². The van der Waals surface area contributed by atoms with Crippen molar-refractivity contribution < 1.29 is 13.2 Å². The molecule has 1 heterocycles. The highest BCUT2D eigenvalue weighted by Crippen LogP contribution is 2.17. The number of hydrogen-bond acceptors (Lipinski definition) is 4. The normalized spacial score (nSPS) is 11.4. The number of benzene rings is 2. The van der Waals surface area contributed by atoms with E-state index in [0.717, 1.165) is 15.6 Å². The number of aromatic nitrogens is 1. The van der Waals surface area contributed by atoms with Crippen LogP contribution in [0.5, 0.6) is 0 Å². The predicted octanol–water partition coefficient (Wildman–Crippen LogP) is 3.22. The molecule has 3 aromatic rings. The van der Waals surface area contributed by atoms with E-state index in [4.69, 9.17) is 0 Å². The average Bonchev–Trinajstić information content (AvgIpc) is 2.77. The number of amides is 1. The summed E-state index contributed by atoms with van der Waals surface area (Å²) >= 11 is 0. The summed E-state index contributed by atoms with van der Waals surface area (Å²) in [7, 11) is -0.575. The summed E-state index contributed by atoms with van der Waals surface area (Å²) < 4.78 is 25.7. The molecule has 7 heteroatoms. The van der Waals surface area contributed by atoms with Gasteiger partial charge in [-0.3, -0.25) is 9.78 Å². The zero-order valence-corrected chi connectivity index (χ0v) is 17.9. The maximum atomic E-state index is 13.2. The SMILES string of the molecule is CN(C)S(=O)(=O)c1ccc(C(=O)N(CCc2ccccn2)Cc2ccccc2)cc1. The minimum Gasteiger partial charge on any atom is -0.334 e. The third kappa shape index (κ3) is 5.31. The number of carbonyl (C=O) groups is 1. The van der Waals surface area contributed by atoms with E-state index in [-0.39, 0.29) is 10.8 Å². The molecule has 30 heavy (non-hydrogen) atoms. The quantitative estimate of drug-likeness (QED) is 0.558. The first-order chi connectivity index (χ1) is 14.4. The monoisotopic (exact) mass is 423 g/mol. The van der Waals surface area contributed by atoms with E-state index in [1.54, 1.807) is 23.2 Å². The Hall–Kier alpha value is -3.03. The molecule has 1 aromatic heterocycles. The van der Waals surface area contributed by atoms with Crippen LogP contribution >= 0.6 is 0 Å². The van der Waals surface area contributed by atoms with Gasteiger partial charge in [-0.1, -0.05) is 36.4 Å². The van der Waals surface area contributed by atoms with Gasteiger partial charge in [-0.25, -0.2) is 12.7 Å². The Morgan fingerprint density at radius 1 is 0.900 bits per heavy atom. The van der Waals surface area contributed by atoms with Crippen LogP contribution in [0.2, 0.25) is 0 Å². The molecule has 156 valence electrons. The molecule has 0 saturated carbocycles. The third-order valence-corrected chi connectivity index (χ3v) is 6.58. The number of sulfonamides is 1. The molecule has 6 nitrogen and oxygen atoms in total. The molecule has 0 aliphatic rings. The van der Waals surface area contributed by atoms with Gasteiger partial charge in [-0.15, -0.1) is 0 Å². The molecule has 0 N–H and O–H groups in total. The Balaban J connectivity index is 1.81. The topological polar surface area (TPSA) is 70.6 Å². The lowest BCUT2D eigenvalue weighted by molar-refractivity contribution is 0.0744. The largest absolute Gasteiger partial charge is 0.334 e. The molecule has 0 aliphatic heterocycles. The summed E-state index contributed by atoms with van der Waals surface area (Å²) in [4.78, 5) is 19.5. The van der Waals surface area contributed by atoms with Crippen LogP contribution < -0.4 is 0 Å². The fraction of sp³-hybridized carbons (Fsp3) is 0.217. The van der Waals surface area contributed by atoms with Gasteiger partial charge < -0.3 is 4.90 Å². The van der Waals surface area contributed by atoms with Crippen molar-refractivity contribution >= 4 is 15.9 Å². The highest BCUT2D eigenvalue weighted by atomic mass is 32.2. The summed E-state index contributed by atoms with van der Waals surface area (Å²) in [5.74, 6) is -0.149. The van der Waals surface area contributed by atoms with E-state index in [1.165, 1.54) is 26.2 Å². The van der Waals surface area contributed by atoms with E-state index in [1.807, 2.05) is 48.5 Å². The van der Waals surface area contributed by atoms with Gasteiger partial charge in [0.15, 0.2) is 0 Å². The van der Waals surface area contributed by atoms with Gasteiger partial charge in [0.1, 0.15) is 0 Å². The number of hydrogen-bond donors (Lipinski definition) is 0. The highest BCUT2D eigenvalue weighted by molar-refractivity contribution is 7.89. The van der Waals surface area contributed by atoms with Crippen LogP contribution in [0.4, 0.5) is 0 Å². The molecule has 0 saturated heterocycles. The van der Waals surface area contributed by atoms with Gasteiger partial charge in [0, 0.05) is 51.1 Å². The van der Waals surface area contributed by atoms with Crippen LogP contribution in [0.25, 0.3) is 0 Å². The lowest BCUT2D eigenvalue weighted by Gasteiger charge is -2.23. The molecule has 3 rings (SSSR count). The first-order valence-corrected chi connectivity index (χ1v) is 11.1. The van der Waals surface area contributed by atoms with Crippen molar-refractivity contribution in [3.05, 3.63) is 95.8 Å². The number of rotatable bonds is 8. The van der Waals surface area contributed by atoms with Gasteiger partial charge in [0.2, 0.25) is 10.0 Å². The van der Waals surface area contributed by atoms with Crippen LogP contribution in [0.3, 0.4) is 0 Å². The standard InChI is InChI=1S/C23H25N3O3S/c1-25(2)30(28,29)22-13-11-20(12-14-22)23(27)26(18-19-8-4-3-5-9-19)17-15-21-10-6-7-16-24-21/h3-14,16H,15,17-18H2,1-2H3. The van der Waals surface area contributed by atoms with Crippen molar-refractivity contribution in [2.24, 2.45) is 0 Å². The molecule has 0 unspecified atom stereocenters. The summed E-state index contributed by atoms with van der Waals surface area (Å²) in [5.41, 5.74) is 2.39. The molecule has 2 aromatic carbocycles. The molecule has 0 atom stereocenters. The molecule has 0 aliphatic carbocycles. The van der Waals surface area contributed by atoms with Gasteiger partial charge in [0.25, 0.3) is 5.91 Å². The highest BCUT2D eigenvalue weighted by Gasteiger charge is 2.20. The van der Waals surface area contributed by atoms with Gasteiger partial charge in [-0.2, -0.15) is 0 Å². The van der Waals surface area contributed by atoms with Gasteiger partial charge in [-0.05, 0) is 42.0 Å². The van der Waals surface area contributed by atoms with Crippen molar-refractivity contribution in [3.8, 4) is 0 Å². The maximum Gasteiger partial charge on any atom is 0.254 e. The van der Waals surface area contributed by atoms with Crippen molar-refractivity contribution in [2.75, 3.05) is 20.6 Å². The third-order valence-electron chi connectivity index (χ3n) is 4.75. The number of nitrogens with zero attached hydrogens (tertiary/aromatic N) is 3. The summed E-state index contributed by atoms with van der Waals surface area (Å²) in [6.07, 6.45) is 2.37. The van der Waals surface area contributed by atoms with Crippen LogP contribution in [-0.2, 0) is 23.0 Å². The van der Waals surface area contributed by atoms with Crippen LogP contribution in [0.15, 0.2) is 83.9 Å². The number of carbonyl (C=O) groups excluding carboxylic acids is 1. The molecule has 0 radical (unpaired) electrons. The molecular weight excluding hydrogens is 398 g/mol. The molecule has 0 fully saturated rings. The fourth-order valence-electron chi connectivity index (χ4n) is 3.01. The van der Waals surface area contributed by atoms with E-state index in [2.05, 4.69) is 4.98 Å². The van der Waals surface area contributed by atoms with Gasteiger partial charge in [0.05, 0.1) is 4.90 Å². The predicted molar refractivity (Wildman–Crippen MR) is 116 cm³/mol. The van der Waals surface area contributed by atoms with Crippen LogP contribution in [0.1, 0.15) is 21.6 Å². The molecule has 1 amide bonds. The van der Waals surface area contributed by atoms with E-state index >= 15 is 0 Å². The molecular formula is C23H25N3O3S.